The number of carbonyl (C=O) groups is 2. The third-order valence-corrected chi connectivity index (χ3v) is 7.83. The summed E-state index contributed by atoms with van der Waals surface area (Å²) in [5.74, 6) is 0.428. The number of aryl methyl sites for hydroxylation is 3. The van der Waals surface area contributed by atoms with Gasteiger partial charge < -0.3 is 19.7 Å². The van der Waals surface area contributed by atoms with Gasteiger partial charge in [-0.2, -0.15) is 13.2 Å². The van der Waals surface area contributed by atoms with E-state index in [9.17, 15) is 22.8 Å². The van der Waals surface area contributed by atoms with Crippen molar-refractivity contribution >= 4 is 29.7 Å². The number of amidine groups is 1. The van der Waals surface area contributed by atoms with E-state index in [1.807, 2.05) is 24.3 Å². The minimum absolute atomic E-state index is 0.0599. The number of guanidine groups is 1. The Bertz CT molecular complexity index is 1580. The molecule has 2 aliphatic rings. The number of alkyl carbamates (subject to hydrolysis) is 1. The van der Waals surface area contributed by atoms with Gasteiger partial charge in [0.1, 0.15) is 17.0 Å². The summed E-state index contributed by atoms with van der Waals surface area (Å²) in [7, 11) is 0. The van der Waals surface area contributed by atoms with Gasteiger partial charge in [0.25, 0.3) is 0 Å². The maximum Gasteiger partial charge on any atom is 0.437 e. The molecule has 1 saturated heterocycles. The molecular formula is C37H48F3N5O4. The molecule has 2 aromatic rings. The van der Waals surface area contributed by atoms with Gasteiger partial charge >= 0.3 is 18.4 Å². The number of aliphatic imine (C=N–C) groups is 2. The van der Waals surface area contributed by atoms with Gasteiger partial charge in [-0.25, -0.2) is 9.59 Å². The Morgan fingerprint density at radius 3 is 2.22 bits per heavy atom. The number of hydrogen-bond acceptors (Lipinski definition) is 6. The Morgan fingerprint density at radius 1 is 0.959 bits per heavy atom. The van der Waals surface area contributed by atoms with E-state index in [-0.39, 0.29) is 24.5 Å². The molecule has 2 N–H and O–H groups in total. The first-order valence-corrected chi connectivity index (χ1v) is 16.8. The topological polar surface area (TPSA) is 105 Å². The number of rotatable bonds is 7. The van der Waals surface area contributed by atoms with E-state index in [0.29, 0.717) is 42.9 Å². The standard InChI is InChI=1S/C37H48F3N5O4/c1-8-10-24-12-14-25(15-13-24)16-17-26-18-19-27(23-28(26)37(38,39)40)29-20-21-41-31(42-29)30-11-9-22-45(30)32(43-33(46)48-35(2,3)4)44-34(47)49-36(5,6)7/h12-15,18-20,23,30H,8-11,16-17,21-22H2,1-7H3,(H,41,42)(H,43,44,46,47). The second-order valence-corrected chi connectivity index (χ2v) is 14.3. The number of alkyl halides is 3. The van der Waals surface area contributed by atoms with Crippen molar-refractivity contribution in [1.29, 1.82) is 0 Å². The lowest BCUT2D eigenvalue weighted by Crippen LogP contribution is -2.52. The van der Waals surface area contributed by atoms with Gasteiger partial charge in [0.15, 0.2) is 0 Å². The number of ether oxygens (including phenoxy) is 2. The molecule has 9 nitrogen and oxygen atoms in total. The predicted octanol–water partition coefficient (Wildman–Crippen LogP) is 8.07. The van der Waals surface area contributed by atoms with Gasteiger partial charge in [-0.05, 0) is 108 Å². The summed E-state index contributed by atoms with van der Waals surface area (Å²) in [6, 6.07) is 12.0. The SMILES string of the molecule is CCCc1ccc(CCc2ccc(C3=CCN=C(C4CCCN4C(=NC(=O)OC(C)(C)C)NC(=O)OC(C)(C)C)N3)cc2C(F)(F)F)cc1. The van der Waals surface area contributed by atoms with Crippen LogP contribution >= 0.6 is 0 Å². The summed E-state index contributed by atoms with van der Waals surface area (Å²) < 4.78 is 53.9. The lowest BCUT2D eigenvalue weighted by atomic mass is 9.95. The first-order chi connectivity index (χ1) is 22.9. The number of amides is 2. The molecular weight excluding hydrogens is 635 g/mol. The third-order valence-electron chi connectivity index (χ3n) is 7.83. The molecule has 0 aliphatic carbocycles. The highest BCUT2D eigenvalue weighted by Gasteiger charge is 2.36. The van der Waals surface area contributed by atoms with Crippen molar-refractivity contribution in [3.8, 4) is 0 Å². The number of hydrogen-bond donors (Lipinski definition) is 2. The zero-order chi connectivity index (χ0) is 36.0. The predicted molar refractivity (Wildman–Crippen MR) is 185 cm³/mol. The molecule has 2 aromatic carbocycles. The summed E-state index contributed by atoms with van der Waals surface area (Å²) in [6.45, 7) is 13.0. The zero-order valence-electron chi connectivity index (χ0n) is 29.5. The van der Waals surface area contributed by atoms with Gasteiger partial charge in [0.2, 0.25) is 5.96 Å². The molecule has 266 valence electrons. The maximum absolute atomic E-state index is 14.4. The van der Waals surface area contributed by atoms with Crippen LogP contribution in [0.25, 0.3) is 5.70 Å². The molecule has 4 rings (SSSR count). The summed E-state index contributed by atoms with van der Waals surface area (Å²) >= 11 is 0. The number of nitrogens with zero attached hydrogens (tertiary/aromatic N) is 3. The van der Waals surface area contributed by atoms with Crippen molar-refractivity contribution < 1.29 is 32.2 Å². The molecule has 0 aromatic heterocycles. The fourth-order valence-corrected chi connectivity index (χ4v) is 5.74. The Kier molecular flexibility index (Phi) is 11.8. The van der Waals surface area contributed by atoms with Gasteiger partial charge in [-0.15, -0.1) is 4.99 Å². The number of likely N-dealkylation sites (tertiary alicyclic amines) is 1. The maximum atomic E-state index is 14.4. The number of halogens is 3. The molecule has 0 spiro atoms. The molecule has 1 fully saturated rings. The zero-order valence-corrected chi connectivity index (χ0v) is 29.5. The van der Waals surface area contributed by atoms with E-state index in [0.717, 1.165) is 18.4 Å². The highest BCUT2D eigenvalue weighted by atomic mass is 19.4. The van der Waals surface area contributed by atoms with E-state index in [1.165, 1.54) is 11.6 Å². The summed E-state index contributed by atoms with van der Waals surface area (Å²) in [6.07, 6.45) is -0.459. The Morgan fingerprint density at radius 2 is 1.61 bits per heavy atom. The fourth-order valence-electron chi connectivity index (χ4n) is 5.74. The lowest BCUT2D eigenvalue weighted by molar-refractivity contribution is -0.138. The number of carbonyl (C=O) groups excluding carboxylic acids is 2. The van der Waals surface area contributed by atoms with Crippen LogP contribution in [0.5, 0.6) is 0 Å². The molecule has 2 aliphatic heterocycles. The molecule has 0 radical (unpaired) electrons. The lowest BCUT2D eigenvalue weighted by Gasteiger charge is -2.31. The molecule has 1 atom stereocenters. The van der Waals surface area contributed by atoms with Crippen LogP contribution in [-0.2, 0) is 34.9 Å². The molecule has 1 unspecified atom stereocenters. The van der Waals surface area contributed by atoms with Crippen LogP contribution in [0.1, 0.15) is 95.5 Å². The van der Waals surface area contributed by atoms with Crippen LogP contribution in [-0.4, -0.2) is 59.2 Å². The molecule has 12 heteroatoms. The average molecular weight is 684 g/mol. The average Bonchev–Trinajstić information content (AvgIpc) is 3.49. The molecule has 2 heterocycles. The smallest absolute Gasteiger partial charge is 0.437 e. The summed E-state index contributed by atoms with van der Waals surface area (Å²) in [5, 5.41) is 5.84. The minimum Gasteiger partial charge on any atom is -0.444 e. The first-order valence-electron chi connectivity index (χ1n) is 16.8. The Balaban J connectivity index is 1.54. The van der Waals surface area contributed by atoms with Crippen LogP contribution in [0, 0.1) is 0 Å². The van der Waals surface area contributed by atoms with Crippen LogP contribution < -0.4 is 10.6 Å². The van der Waals surface area contributed by atoms with Crippen molar-refractivity contribution in [2.45, 2.75) is 110 Å². The van der Waals surface area contributed by atoms with E-state index < -0.39 is 41.2 Å². The van der Waals surface area contributed by atoms with Crippen LogP contribution in [0.15, 0.2) is 58.5 Å². The fraction of sp³-hybridized carbons (Fsp3) is 0.514. The quantitative estimate of drug-likeness (QED) is 0.226. The minimum atomic E-state index is -4.54. The van der Waals surface area contributed by atoms with Gasteiger partial charge in [0, 0.05) is 12.2 Å². The van der Waals surface area contributed by atoms with Crippen LogP contribution in [0.4, 0.5) is 22.8 Å². The molecule has 49 heavy (non-hydrogen) atoms. The van der Waals surface area contributed by atoms with Crippen molar-refractivity contribution in [2.75, 3.05) is 13.1 Å². The molecule has 2 amide bonds. The number of benzene rings is 2. The second kappa shape index (κ2) is 15.5. The third kappa shape index (κ3) is 11.1. The van der Waals surface area contributed by atoms with Crippen molar-refractivity contribution in [3.63, 3.8) is 0 Å². The van der Waals surface area contributed by atoms with E-state index >= 15 is 0 Å². The van der Waals surface area contributed by atoms with Crippen molar-refractivity contribution in [3.05, 3.63) is 76.4 Å². The van der Waals surface area contributed by atoms with Gasteiger partial charge in [-0.3, -0.25) is 10.3 Å². The largest absolute Gasteiger partial charge is 0.444 e. The first kappa shape index (κ1) is 37.5. The highest BCUT2D eigenvalue weighted by Crippen LogP contribution is 2.35. The van der Waals surface area contributed by atoms with Crippen LogP contribution in [0.3, 0.4) is 0 Å². The van der Waals surface area contributed by atoms with E-state index in [1.54, 1.807) is 64.7 Å². The monoisotopic (exact) mass is 683 g/mol. The van der Waals surface area contributed by atoms with Gasteiger partial charge in [-0.1, -0.05) is 49.7 Å². The summed E-state index contributed by atoms with van der Waals surface area (Å²) in [5.41, 5.74) is 1.03. The van der Waals surface area contributed by atoms with Crippen molar-refractivity contribution in [2.24, 2.45) is 9.98 Å². The summed E-state index contributed by atoms with van der Waals surface area (Å²) in [4.78, 5) is 35.9. The second-order valence-electron chi connectivity index (χ2n) is 14.3. The van der Waals surface area contributed by atoms with Crippen molar-refractivity contribution in [1.82, 2.24) is 15.5 Å². The van der Waals surface area contributed by atoms with Crippen LogP contribution in [0.2, 0.25) is 0 Å². The van der Waals surface area contributed by atoms with Gasteiger partial charge in [0.05, 0.1) is 18.2 Å². The normalized spacial score (nSPS) is 17.2. The Hall–Kier alpha value is -4.35. The molecule has 0 bridgehead atoms. The highest BCUT2D eigenvalue weighted by molar-refractivity contribution is 6.03. The van der Waals surface area contributed by atoms with E-state index in [4.69, 9.17) is 9.47 Å². The molecule has 0 saturated carbocycles. The van der Waals surface area contributed by atoms with E-state index in [2.05, 4.69) is 27.5 Å². The number of nitrogens with one attached hydrogen (secondary N) is 2. The Labute approximate surface area is 287 Å².